The van der Waals surface area contributed by atoms with Gasteiger partial charge in [0, 0.05) is 50.3 Å². The quantitative estimate of drug-likeness (QED) is 0.190. The molecule has 7 heteroatoms. The zero-order chi connectivity index (χ0) is 27.1. The van der Waals surface area contributed by atoms with Gasteiger partial charge in [-0.2, -0.15) is 17.1 Å². The largest absolute Gasteiger partial charge is 0.507 e. The Bertz CT molecular complexity index is 1910. The molecule has 0 spiro atoms. The van der Waals surface area contributed by atoms with E-state index >= 15 is 0 Å². The molecule has 0 saturated heterocycles. The van der Waals surface area contributed by atoms with Gasteiger partial charge < -0.3 is 14.4 Å². The maximum Gasteiger partial charge on any atom is 0.223 e. The number of fused-ring (bicyclic) bond motifs is 3. The first-order chi connectivity index (χ1) is 18.8. The summed E-state index contributed by atoms with van der Waals surface area (Å²) in [5, 5.41) is 21.9. The minimum absolute atomic E-state index is 0. The molecule has 3 heterocycles. The first kappa shape index (κ1) is 27.1. The zero-order valence-corrected chi connectivity index (χ0v) is 24.4. The van der Waals surface area contributed by atoms with Crippen LogP contribution in [0.1, 0.15) is 31.9 Å². The van der Waals surface area contributed by atoms with Crippen LogP contribution in [0.4, 0.5) is 0 Å². The molecule has 0 amide bonds. The van der Waals surface area contributed by atoms with E-state index in [4.69, 9.17) is 9.72 Å². The summed E-state index contributed by atoms with van der Waals surface area (Å²) in [6.45, 7) is 6.39. The summed E-state index contributed by atoms with van der Waals surface area (Å²) in [4.78, 5) is 9.45. The maximum absolute atomic E-state index is 10.6. The van der Waals surface area contributed by atoms with E-state index in [-0.39, 0.29) is 32.2 Å². The summed E-state index contributed by atoms with van der Waals surface area (Å²) in [5.41, 5.74) is 4.63. The number of para-hydroxylation sites is 1. The van der Waals surface area contributed by atoms with Crippen LogP contribution in [0.2, 0.25) is 0 Å². The predicted octanol–water partition coefficient (Wildman–Crippen LogP) is 7.71. The third-order valence-corrected chi connectivity index (χ3v) is 6.72. The Morgan fingerprint density at radius 3 is 2.40 bits per heavy atom. The van der Waals surface area contributed by atoms with Gasteiger partial charge in [0.05, 0.1) is 5.69 Å². The molecular formula is C33H25N4O2Pt-. The molecule has 1 N–H and O–H groups in total. The summed E-state index contributed by atoms with van der Waals surface area (Å²) in [5.74, 6) is 1.57. The monoisotopic (exact) mass is 704 g/mol. The van der Waals surface area contributed by atoms with Crippen LogP contribution in [0, 0.1) is 17.4 Å². The van der Waals surface area contributed by atoms with Crippen molar-refractivity contribution in [1.82, 2.24) is 14.5 Å². The van der Waals surface area contributed by atoms with Crippen molar-refractivity contribution in [2.24, 2.45) is 0 Å². The Kier molecular flexibility index (Phi) is 7.19. The van der Waals surface area contributed by atoms with Gasteiger partial charge in [-0.3, -0.25) is 0 Å². The fourth-order valence-corrected chi connectivity index (χ4v) is 4.72. The standard InChI is InChI=1S/C33H25N4O2.Pt/c1-33(2,3)22-15-17-29(38)25(19-22)26-9-6-12-31(35-26)39-32-13-7-11-30(36-32)37-27-10-5-4-8-23(27)24-18-21(20-34)14-16-28(24)37;/h4-15,17-19,38H,1-3H3;/q-1;. The van der Waals surface area contributed by atoms with Crippen LogP contribution >= 0.6 is 0 Å². The van der Waals surface area contributed by atoms with Gasteiger partial charge in [-0.05, 0) is 46.7 Å². The SMILES string of the molecule is CC(C)(C)c1ccc(O)c(-c2cccc(Oc3cccc(-n4c5[c-]cc(C#N)cc5c5ccccc54)n3)n2)c1.[Pt]. The summed E-state index contributed by atoms with van der Waals surface area (Å²) < 4.78 is 8.12. The predicted molar refractivity (Wildman–Crippen MR) is 152 cm³/mol. The summed E-state index contributed by atoms with van der Waals surface area (Å²) >= 11 is 0. The van der Waals surface area contributed by atoms with Gasteiger partial charge in [-0.1, -0.05) is 68.2 Å². The molecule has 0 saturated carbocycles. The number of hydrogen-bond donors (Lipinski definition) is 1. The number of aromatic nitrogens is 3. The first-order valence-electron chi connectivity index (χ1n) is 12.6. The molecule has 0 bridgehead atoms. The third-order valence-electron chi connectivity index (χ3n) is 6.72. The second-order valence-electron chi connectivity index (χ2n) is 10.4. The molecule has 0 aliphatic carbocycles. The zero-order valence-electron chi connectivity index (χ0n) is 22.1. The molecule has 6 nitrogen and oxygen atoms in total. The van der Waals surface area contributed by atoms with Crippen LogP contribution in [-0.2, 0) is 26.5 Å². The molecule has 0 aliphatic rings. The molecule has 3 aromatic carbocycles. The van der Waals surface area contributed by atoms with E-state index in [9.17, 15) is 10.4 Å². The van der Waals surface area contributed by atoms with Gasteiger partial charge in [0.1, 0.15) is 11.6 Å². The van der Waals surface area contributed by atoms with Crippen LogP contribution in [0.3, 0.4) is 0 Å². The van der Waals surface area contributed by atoms with E-state index in [0.717, 1.165) is 27.4 Å². The molecule has 0 aliphatic heterocycles. The van der Waals surface area contributed by atoms with Crippen molar-refractivity contribution in [3.8, 4) is 40.7 Å². The number of phenolic OH excluding ortho intramolecular Hbond substituents is 1. The van der Waals surface area contributed by atoms with E-state index in [1.807, 2.05) is 71.3 Å². The van der Waals surface area contributed by atoms with Crippen LogP contribution in [0.5, 0.6) is 17.5 Å². The Hall–Kier alpha value is -4.46. The average molecular weight is 705 g/mol. The van der Waals surface area contributed by atoms with E-state index in [1.165, 1.54) is 0 Å². The second-order valence-corrected chi connectivity index (χ2v) is 10.4. The van der Waals surface area contributed by atoms with Gasteiger partial charge in [0.15, 0.2) is 0 Å². The number of pyridine rings is 2. The normalized spacial score (nSPS) is 11.2. The summed E-state index contributed by atoms with van der Waals surface area (Å²) in [6.07, 6.45) is 0. The smallest absolute Gasteiger partial charge is 0.223 e. The van der Waals surface area contributed by atoms with Crippen LogP contribution in [0.25, 0.3) is 38.9 Å². The van der Waals surface area contributed by atoms with Gasteiger partial charge in [0.2, 0.25) is 11.8 Å². The van der Waals surface area contributed by atoms with Crippen molar-refractivity contribution in [2.75, 3.05) is 0 Å². The van der Waals surface area contributed by atoms with E-state index in [1.54, 1.807) is 24.3 Å². The fourth-order valence-electron chi connectivity index (χ4n) is 4.72. The minimum Gasteiger partial charge on any atom is -0.507 e. The number of nitriles is 1. The Morgan fingerprint density at radius 2 is 1.62 bits per heavy atom. The number of ether oxygens (including phenoxy) is 1. The van der Waals surface area contributed by atoms with Crippen LogP contribution in [-0.4, -0.2) is 19.6 Å². The first-order valence-corrected chi connectivity index (χ1v) is 12.6. The van der Waals surface area contributed by atoms with Gasteiger partial charge in [-0.25, -0.2) is 10.2 Å². The Labute approximate surface area is 246 Å². The molecule has 0 radical (unpaired) electrons. The number of nitrogens with zero attached hydrogens (tertiary/aromatic N) is 4. The van der Waals surface area contributed by atoms with E-state index in [2.05, 4.69) is 37.9 Å². The second kappa shape index (κ2) is 10.6. The molecule has 6 aromatic rings. The molecular weight excluding hydrogens is 679 g/mol. The minimum atomic E-state index is -0.0681. The van der Waals surface area contributed by atoms with Crippen LogP contribution in [0.15, 0.2) is 91.0 Å². The molecule has 0 fully saturated rings. The summed E-state index contributed by atoms with van der Waals surface area (Å²) in [7, 11) is 0. The number of benzene rings is 3. The van der Waals surface area contributed by atoms with Crippen molar-refractivity contribution in [1.29, 1.82) is 5.26 Å². The average Bonchev–Trinajstić information content (AvgIpc) is 3.26. The molecule has 200 valence electrons. The molecule has 40 heavy (non-hydrogen) atoms. The van der Waals surface area contributed by atoms with Gasteiger partial charge in [-0.15, -0.1) is 11.5 Å². The van der Waals surface area contributed by atoms with Gasteiger partial charge in [0.25, 0.3) is 0 Å². The third kappa shape index (κ3) is 4.97. The fraction of sp³-hybridized carbons (Fsp3) is 0.121. The van der Waals surface area contributed by atoms with Crippen molar-refractivity contribution in [2.45, 2.75) is 26.2 Å². The van der Waals surface area contributed by atoms with Crippen molar-refractivity contribution >= 4 is 21.8 Å². The summed E-state index contributed by atoms with van der Waals surface area (Å²) in [6, 6.07) is 33.7. The molecule has 3 aromatic heterocycles. The van der Waals surface area contributed by atoms with Crippen molar-refractivity contribution in [3.63, 3.8) is 0 Å². The Balaban J connectivity index is 0.00000323. The molecule has 0 atom stereocenters. The number of aromatic hydroxyl groups is 1. The van der Waals surface area contributed by atoms with Crippen molar-refractivity contribution in [3.05, 3.63) is 108 Å². The topological polar surface area (TPSA) is 84.0 Å². The number of hydrogen-bond acceptors (Lipinski definition) is 5. The molecule has 0 unspecified atom stereocenters. The molecule has 6 rings (SSSR count). The maximum atomic E-state index is 10.6. The van der Waals surface area contributed by atoms with Crippen molar-refractivity contribution < 1.29 is 30.9 Å². The van der Waals surface area contributed by atoms with E-state index in [0.29, 0.717) is 34.4 Å². The number of rotatable bonds is 4. The van der Waals surface area contributed by atoms with Crippen LogP contribution < -0.4 is 4.74 Å². The number of phenols is 1. The van der Waals surface area contributed by atoms with E-state index < -0.39 is 0 Å². The van der Waals surface area contributed by atoms with Gasteiger partial charge >= 0.3 is 0 Å². The Morgan fingerprint density at radius 1 is 0.875 bits per heavy atom.